The molecule has 2 saturated heterocycles. The number of hydrogen-bond donors (Lipinski definition) is 1. The Morgan fingerprint density at radius 1 is 0.971 bits per heavy atom. The monoisotopic (exact) mass is 487 g/mol. The van der Waals surface area contributed by atoms with Crippen molar-refractivity contribution in [1.82, 2.24) is 9.62 Å². The van der Waals surface area contributed by atoms with Crippen LogP contribution < -0.4 is 10.2 Å². The van der Waals surface area contributed by atoms with Gasteiger partial charge >= 0.3 is 0 Å². The lowest BCUT2D eigenvalue weighted by Gasteiger charge is -2.32. The summed E-state index contributed by atoms with van der Waals surface area (Å²) in [6.45, 7) is 5.60. The average molecular weight is 488 g/mol. The maximum Gasteiger partial charge on any atom is 0.251 e. The highest BCUT2D eigenvalue weighted by atomic mass is 32.2. The predicted molar refractivity (Wildman–Crippen MR) is 131 cm³/mol. The number of rotatable bonds is 8. The van der Waals surface area contributed by atoms with Crippen LogP contribution in [0, 0.1) is 0 Å². The molecule has 2 aliphatic rings. The molecule has 0 aromatic heterocycles. The summed E-state index contributed by atoms with van der Waals surface area (Å²) in [6, 6.07) is 15.1. The number of aryl methyl sites for hydroxylation is 1. The fourth-order valence-corrected chi connectivity index (χ4v) is 5.91. The standard InChI is InChI=1S/C25H33N3O5S/c1-20(7-8-21-5-3-2-4-6-21)26-25(29)22-9-10-23(27-11-15-32-16-12-27)24(19-22)34(30,31)28-13-17-33-18-14-28/h2-6,9-10,19-20H,7-8,11-18H2,1H3,(H,26,29). The smallest absolute Gasteiger partial charge is 0.251 e. The van der Waals surface area contributed by atoms with Crippen LogP contribution in [0.3, 0.4) is 0 Å². The first-order chi connectivity index (χ1) is 16.4. The van der Waals surface area contributed by atoms with Crippen molar-refractivity contribution in [2.45, 2.75) is 30.7 Å². The first-order valence-electron chi connectivity index (χ1n) is 11.8. The topological polar surface area (TPSA) is 88.2 Å². The summed E-state index contributed by atoms with van der Waals surface area (Å²) in [5, 5.41) is 3.02. The zero-order valence-corrected chi connectivity index (χ0v) is 20.4. The summed E-state index contributed by atoms with van der Waals surface area (Å²) < 4.78 is 39.4. The van der Waals surface area contributed by atoms with Crippen molar-refractivity contribution in [1.29, 1.82) is 0 Å². The number of hydrogen-bond acceptors (Lipinski definition) is 6. The van der Waals surface area contributed by atoms with Crippen molar-refractivity contribution in [3.63, 3.8) is 0 Å². The van der Waals surface area contributed by atoms with E-state index in [1.54, 1.807) is 12.1 Å². The van der Waals surface area contributed by atoms with Gasteiger partial charge in [-0.1, -0.05) is 30.3 Å². The van der Waals surface area contributed by atoms with E-state index < -0.39 is 10.0 Å². The number of carbonyl (C=O) groups excluding carboxylic acids is 1. The Kier molecular flexibility index (Phi) is 8.20. The number of anilines is 1. The number of sulfonamides is 1. The molecule has 2 aromatic carbocycles. The van der Waals surface area contributed by atoms with Crippen molar-refractivity contribution in [2.24, 2.45) is 0 Å². The molecule has 2 heterocycles. The zero-order valence-electron chi connectivity index (χ0n) is 19.6. The largest absolute Gasteiger partial charge is 0.379 e. The molecule has 184 valence electrons. The van der Waals surface area contributed by atoms with Crippen LogP contribution in [0.1, 0.15) is 29.3 Å². The lowest BCUT2D eigenvalue weighted by atomic mass is 10.1. The van der Waals surface area contributed by atoms with Crippen LogP contribution >= 0.6 is 0 Å². The Morgan fingerprint density at radius 2 is 1.62 bits per heavy atom. The van der Waals surface area contributed by atoms with E-state index in [4.69, 9.17) is 9.47 Å². The Balaban J connectivity index is 1.54. The van der Waals surface area contributed by atoms with E-state index in [1.165, 1.54) is 15.9 Å². The number of carbonyl (C=O) groups is 1. The first-order valence-corrected chi connectivity index (χ1v) is 13.3. The summed E-state index contributed by atoms with van der Waals surface area (Å²) in [5.74, 6) is -0.271. The minimum Gasteiger partial charge on any atom is -0.379 e. The Hall–Kier alpha value is -2.46. The minimum absolute atomic E-state index is 0.0501. The molecule has 0 radical (unpaired) electrons. The van der Waals surface area contributed by atoms with Crippen molar-refractivity contribution < 1.29 is 22.7 Å². The van der Waals surface area contributed by atoms with E-state index >= 15 is 0 Å². The second kappa shape index (κ2) is 11.3. The number of morpholine rings is 2. The maximum atomic E-state index is 13.6. The minimum atomic E-state index is -3.78. The summed E-state index contributed by atoms with van der Waals surface area (Å²) >= 11 is 0. The molecule has 0 bridgehead atoms. The number of amides is 1. The van der Waals surface area contributed by atoms with Crippen molar-refractivity contribution in [3.8, 4) is 0 Å². The summed E-state index contributed by atoms with van der Waals surface area (Å²) in [4.78, 5) is 15.2. The Bertz CT molecular complexity index is 1070. The molecule has 2 aromatic rings. The molecule has 2 fully saturated rings. The molecule has 1 amide bonds. The molecular formula is C25H33N3O5S. The molecule has 4 rings (SSSR count). The summed E-state index contributed by atoms with van der Waals surface area (Å²) in [7, 11) is -3.78. The average Bonchev–Trinajstić information content (AvgIpc) is 2.88. The number of nitrogens with zero attached hydrogens (tertiary/aromatic N) is 2. The van der Waals surface area contributed by atoms with Crippen LogP contribution in [-0.2, 0) is 25.9 Å². The van der Waals surface area contributed by atoms with Crippen LogP contribution in [0.4, 0.5) is 5.69 Å². The van der Waals surface area contributed by atoms with Crippen molar-refractivity contribution >= 4 is 21.6 Å². The van der Waals surface area contributed by atoms with E-state index in [0.29, 0.717) is 63.9 Å². The van der Waals surface area contributed by atoms with Gasteiger partial charge in [-0.3, -0.25) is 4.79 Å². The Labute approximate surface area is 201 Å². The number of nitrogens with one attached hydrogen (secondary N) is 1. The highest BCUT2D eigenvalue weighted by Crippen LogP contribution is 2.30. The Morgan fingerprint density at radius 3 is 2.29 bits per heavy atom. The van der Waals surface area contributed by atoms with Gasteiger partial charge in [-0.05, 0) is 43.5 Å². The van der Waals surface area contributed by atoms with E-state index in [0.717, 1.165) is 12.8 Å². The fraction of sp³-hybridized carbons (Fsp3) is 0.480. The number of benzene rings is 2. The van der Waals surface area contributed by atoms with E-state index in [2.05, 4.69) is 17.4 Å². The van der Waals surface area contributed by atoms with E-state index in [9.17, 15) is 13.2 Å². The normalized spacial score (nSPS) is 18.4. The van der Waals surface area contributed by atoms with Gasteiger partial charge in [0.05, 0.1) is 32.1 Å². The van der Waals surface area contributed by atoms with E-state index in [1.807, 2.05) is 30.0 Å². The van der Waals surface area contributed by atoms with Crippen molar-refractivity contribution in [2.75, 3.05) is 57.5 Å². The van der Waals surface area contributed by atoms with E-state index in [-0.39, 0.29) is 16.8 Å². The lowest BCUT2D eigenvalue weighted by Crippen LogP contribution is -2.42. The molecule has 9 heteroatoms. The van der Waals surface area contributed by atoms with Gasteiger partial charge in [-0.2, -0.15) is 4.31 Å². The lowest BCUT2D eigenvalue weighted by molar-refractivity contribution is 0.0730. The van der Waals surface area contributed by atoms with Gasteiger partial charge in [0, 0.05) is 37.8 Å². The highest BCUT2D eigenvalue weighted by molar-refractivity contribution is 7.89. The SMILES string of the molecule is CC(CCc1ccccc1)NC(=O)c1ccc(N2CCOCC2)c(S(=O)(=O)N2CCOCC2)c1. The quantitative estimate of drug-likeness (QED) is 0.615. The highest BCUT2D eigenvalue weighted by Gasteiger charge is 2.31. The van der Waals surface area contributed by atoms with Crippen LogP contribution in [-0.4, -0.2) is 77.3 Å². The van der Waals surface area contributed by atoms with Gasteiger partial charge in [0.1, 0.15) is 4.90 Å². The van der Waals surface area contributed by atoms with Crippen LogP contribution in [0.15, 0.2) is 53.4 Å². The molecule has 1 N–H and O–H groups in total. The molecule has 1 atom stereocenters. The van der Waals surface area contributed by atoms with Gasteiger partial charge in [0.25, 0.3) is 5.91 Å². The first kappa shape index (κ1) is 24.7. The molecule has 1 unspecified atom stereocenters. The number of ether oxygens (including phenoxy) is 2. The molecule has 0 spiro atoms. The van der Waals surface area contributed by atoms with Gasteiger partial charge < -0.3 is 19.7 Å². The second-order valence-electron chi connectivity index (χ2n) is 8.70. The van der Waals surface area contributed by atoms with Crippen LogP contribution in [0.2, 0.25) is 0 Å². The van der Waals surface area contributed by atoms with Crippen molar-refractivity contribution in [3.05, 3.63) is 59.7 Å². The molecule has 0 aliphatic carbocycles. The van der Waals surface area contributed by atoms with Crippen LogP contribution in [0.25, 0.3) is 0 Å². The molecule has 2 aliphatic heterocycles. The summed E-state index contributed by atoms with van der Waals surface area (Å²) in [5.41, 5.74) is 2.18. The van der Waals surface area contributed by atoms with Gasteiger partial charge in [-0.25, -0.2) is 8.42 Å². The third kappa shape index (κ3) is 5.96. The van der Waals surface area contributed by atoms with Crippen LogP contribution in [0.5, 0.6) is 0 Å². The molecule has 34 heavy (non-hydrogen) atoms. The molecular weight excluding hydrogens is 454 g/mol. The maximum absolute atomic E-state index is 13.6. The molecule has 0 saturated carbocycles. The van der Waals surface area contributed by atoms with Gasteiger partial charge in [-0.15, -0.1) is 0 Å². The third-order valence-corrected chi connectivity index (χ3v) is 8.18. The second-order valence-corrected chi connectivity index (χ2v) is 10.6. The zero-order chi connectivity index (χ0) is 24.0. The molecule has 8 nitrogen and oxygen atoms in total. The van der Waals surface area contributed by atoms with Gasteiger partial charge in [0.2, 0.25) is 10.0 Å². The van der Waals surface area contributed by atoms with Gasteiger partial charge in [0.15, 0.2) is 0 Å². The summed E-state index contributed by atoms with van der Waals surface area (Å²) in [6.07, 6.45) is 1.65. The third-order valence-electron chi connectivity index (χ3n) is 6.25. The fourth-order valence-electron chi connectivity index (χ4n) is 4.26. The predicted octanol–water partition coefficient (Wildman–Crippen LogP) is 2.30.